The second-order valence-corrected chi connectivity index (χ2v) is 9.98. The number of benzene rings is 1. The number of para-hydroxylation sites is 1. The molecule has 0 bridgehead atoms. The number of nitrogens with one attached hydrogen (secondary N) is 2. The Bertz CT molecular complexity index is 1200. The first kappa shape index (κ1) is 27.2. The number of aromatic nitrogens is 3. The highest BCUT2D eigenvalue weighted by Crippen LogP contribution is 2.28. The van der Waals surface area contributed by atoms with Gasteiger partial charge in [0.1, 0.15) is 22.3 Å². The van der Waals surface area contributed by atoms with Gasteiger partial charge in [-0.05, 0) is 32.4 Å². The summed E-state index contributed by atoms with van der Waals surface area (Å²) in [4.78, 5) is 40.8. The van der Waals surface area contributed by atoms with Gasteiger partial charge in [0.25, 0.3) is 5.91 Å². The van der Waals surface area contributed by atoms with Gasteiger partial charge in [0, 0.05) is 38.8 Å². The highest BCUT2D eigenvalue weighted by atomic mass is 35.5. The number of carbonyl (C=O) groups excluding carboxylic acids is 1. The smallest absolute Gasteiger partial charge is 0.267 e. The normalized spacial score (nSPS) is 15.0. The van der Waals surface area contributed by atoms with Crippen molar-refractivity contribution in [3.05, 3.63) is 51.7 Å². The van der Waals surface area contributed by atoms with Gasteiger partial charge in [0.05, 0.1) is 23.5 Å². The van der Waals surface area contributed by atoms with E-state index >= 15 is 0 Å². The number of carbonyl (C=O) groups is 1. The fourth-order valence-corrected chi connectivity index (χ4v) is 4.79. The van der Waals surface area contributed by atoms with E-state index in [1.807, 2.05) is 32.0 Å². The zero-order valence-corrected chi connectivity index (χ0v) is 22.5. The van der Waals surface area contributed by atoms with Crippen molar-refractivity contribution in [1.82, 2.24) is 19.9 Å². The molecule has 0 radical (unpaired) electrons. The minimum Gasteiger partial charge on any atom is -0.366 e. The number of hydrogen-bond donors (Lipinski definition) is 3. The van der Waals surface area contributed by atoms with Crippen LogP contribution in [0.1, 0.15) is 28.0 Å². The molecule has 3 N–H and O–H groups in total. The van der Waals surface area contributed by atoms with Crippen LogP contribution in [0.3, 0.4) is 0 Å². The van der Waals surface area contributed by atoms with Crippen LogP contribution in [0.25, 0.3) is 0 Å². The van der Waals surface area contributed by atoms with Gasteiger partial charge in [0.2, 0.25) is 0 Å². The Labute approximate surface area is 224 Å². The van der Waals surface area contributed by atoms with E-state index in [1.54, 1.807) is 6.07 Å². The molecule has 4 rings (SSSR count). The number of halogens is 1. The first-order chi connectivity index (χ1) is 17.8. The van der Waals surface area contributed by atoms with Crippen LogP contribution in [-0.4, -0.2) is 76.5 Å². The Morgan fingerprint density at radius 2 is 2.03 bits per heavy atom. The third-order valence-electron chi connectivity index (χ3n) is 5.64. The first-order valence-corrected chi connectivity index (χ1v) is 13.1. The van der Waals surface area contributed by atoms with E-state index < -0.39 is 6.29 Å². The topological polar surface area (TPSA) is 125 Å². The average molecular weight is 548 g/mol. The Hall–Kier alpha value is -2.87. The molecule has 1 saturated heterocycles. The van der Waals surface area contributed by atoms with Gasteiger partial charge >= 0.3 is 0 Å². The molecule has 198 valence electrons. The number of amides is 1. The fourth-order valence-electron chi connectivity index (χ4n) is 3.80. The molecule has 1 unspecified atom stereocenters. The quantitative estimate of drug-likeness (QED) is 0.150. The monoisotopic (exact) mass is 547 g/mol. The SMILES string of the molecule is Cc1nc(Nc2ncc(C(=O)Nc3c(C)cccc3Cl)s2)cc(N2CCN(CCOOC(C)O)CC2)n1. The van der Waals surface area contributed by atoms with Gasteiger partial charge in [-0.15, -0.1) is 0 Å². The zero-order chi connectivity index (χ0) is 26.4. The summed E-state index contributed by atoms with van der Waals surface area (Å²) in [6.45, 7) is 9.63. The number of piperazine rings is 1. The van der Waals surface area contributed by atoms with Crippen molar-refractivity contribution in [3.63, 3.8) is 0 Å². The largest absolute Gasteiger partial charge is 0.366 e. The van der Waals surface area contributed by atoms with Crippen LogP contribution in [0.15, 0.2) is 30.5 Å². The number of nitrogens with zero attached hydrogens (tertiary/aromatic N) is 5. The van der Waals surface area contributed by atoms with Crippen molar-refractivity contribution in [2.45, 2.75) is 27.1 Å². The third kappa shape index (κ3) is 7.57. The number of anilines is 4. The number of thiazole rings is 1. The molecule has 2 aromatic heterocycles. The lowest BCUT2D eigenvalue weighted by molar-refractivity contribution is -0.364. The van der Waals surface area contributed by atoms with E-state index in [2.05, 4.69) is 35.4 Å². The second-order valence-electron chi connectivity index (χ2n) is 8.55. The van der Waals surface area contributed by atoms with Crippen LogP contribution in [-0.2, 0) is 9.78 Å². The number of aryl methyl sites for hydroxylation is 2. The van der Waals surface area contributed by atoms with E-state index in [-0.39, 0.29) is 5.91 Å². The van der Waals surface area contributed by atoms with Crippen molar-refractivity contribution in [3.8, 4) is 0 Å². The molecule has 1 fully saturated rings. The van der Waals surface area contributed by atoms with Gasteiger partial charge < -0.3 is 20.6 Å². The molecule has 11 nitrogen and oxygen atoms in total. The van der Waals surface area contributed by atoms with Crippen LogP contribution in [0.2, 0.25) is 5.02 Å². The van der Waals surface area contributed by atoms with E-state index in [0.29, 0.717) is 45.5 Å². The predicted octanol–water partition coefficient (Wildman–Crippen LogP) is 3.61. The molecule has 1 aromatic carbocycles. The zero-order valence-electron chi connectivity index (χ0n) is 20.9. The first-order valence-electron chi connectivity index (χ1n) is 11.9. The molecular weight excluding hydrogens is 518 g/mol. The van der Waals surface area contributed by atoms with E-state index in [9.17, 15) is 4.79 Å². The highest BCUT2D eigenvalue weighted by molar-refractivity contribution is 7.17. The maximum Gasteiger partial charge on any atom is 0.267 e. The Morgan fingerprint density at radius 1 is 1.24 bits per heavy atom. The van der Waals surface area contributed by atoms with Crippen LogP contribution in [0.5, 0.6) is 0 Å². The molecule has 37 heavy (non-hydrogen) atoms. The molecule has 0 spiro atoms. The summed E-state index contributed by atoms with van der Waals surface area (Å²) in [5, 5.41) is 16.2. The van der Waals surface area contributed by atoms with Crippen molar-refractivity contribution in [2.24, 2.45) is 0 Å². The number of rotatable bonds is 10. The van der Waals surface area contributed by atoms with Gasteiger partial charge in [-0.25, -0.2) is 24.7 Å². The fraction of sp³-hybridized carbons (Fsp3) is 0.417. The lowest BCUT2D eigenvalue weighted by Crippen LogP contribution is -2.47. The summed E-state index contributed by atoms with van der Waals surface area (Å²) in [6, 6.07) is 7.35. The molecule has 3 aromatic rings. The lowest BCUT2D eigenvalue weighted by atomic mass is 10.2. The van der Waals surface area contributed by atoms with Gasteiger partial charge in [0.15, 0.2) is 11.4 Å². The summed E-state index contributed by atoms with van der Waals surface area (Å²) >= 11 is 7.46. The number of aliphatic hydroxyl groups excluding tert-OH is 1. The summed E-state index contributed by atoms with van der Waals surface area (Å²) in [5.41, 5.74) is 1.47. The van der Waals surface area contributed by atoms with Crippen LogP contribution in [0.4, 0.5) is 22.5 Å². The third-order valence-corrected chi connectivity index (χ3v) is 6.87. The van der Waals surface area contributed by atoms with Gasteiger partial charge in [-0.2, -0.15) is 0 Å². The Balaban J connectivity index is 1.34. The predicted molar refractivity (Wildman–Crippen MR) is 144 cm³/mol. The van der Waals surface area contributed by atoms with E-state index in [4.69, 9.17) is 26.5 Å². The summed E-state index contributed by atoms with van der Waals surface area (Å²) in [7, 11) is 0. The minimum atomic E-state index is -0.938. The minimum absolute atomic E-state index is 0.276. The molecule has 1 amide bonds. The Kier molecular flexibility index (Phi) is 9.24. The number of aliphatic hydroxyl groups is 1. The molecular formula is C24H30ClN7O4S. The molecule has 13 heteroatoms. The van der Waals surface area contributed by atoms with E-state index in [1.165, 1.54) is 24.5 Å². The molecule has 1 aliphatic heterocycles. The maximum atomic E-state index is 12.7. The second kappa shape index (κ2) is 12.6. The van der Waals surface area contributed by atoms with Gasteiger partial charge in [-0.3, -0.25) is 9.69 Å². The molecule has 0 saturated carbocycles. The molecule has 1 aliphatic rings. The van der Waals surface area contributed by atoms with Crippen LogP contribution in [0, 0.1) is 13.8 Å². The number of hydrogen-bond acceptors (Lipinski definition) is 11. The maximum absolute atomic E-state index is 12.7. The van der Waals surface area contributed by atoms with Crippen molar-refractivity contribution < 1.29 is 19.7 Å². The summed E-state index contributed by atoms with van der Waals surface area (Å²) < 4.78 is 0. The Morgan fingerprint density at radius 3 is 2.76 bits per heavy atom. The van der Waals surface area contributed by atoms with Crippen molar-refractivity contribution >= 4 is 51.3 Å². The molecule has 3 heterocycles. The van der Waals surface area contributed by atoms with Crippen LogP contribution >= 0.6 is 22.9 Å². The van der Waals surface area contributed by atoms with Crippen LogP contribution < -0.4 is 15.5 Å². The lowest BCUT2D eigenvalue weighted by Gasteiger charge is -2.35. The summed E-state index contributed by atoms with van der Waals surface area (Å²) in [6.07, 6.45) is 0.588. The van der Waals surface area contributed by atoms with Crippen molar-refractivity contribution in [1.29, 1.82) is 0 Å². The molecule has 1 atom stereocenters. The molecule has 0 aliphatic carbocycles. The van der Waals surface area contributed by atoms with E-state index in [0.717, 1.165) is 37.6 Å². The summed E-state index contributed by atoms with van der Waals surface area (Å²) in [5.74, 6) is 1.79. The average Bonchev–Trinajstić information content (AvgIpc) is 3.32. The van der Waals surface area contributed by atoms with Crippen molar-refractivity contribution in [2.75, 3.05) is 54.9 Å². The van der Waals surface area contributed by atoms with Gasteiger partial charge in [-0.1, -0.05) is 35.1 Å². The standard InChI is InChI=1S/C24H30ClN7O4S/c1-15-5-4-6-18(25)22(15)30-23(34)19-14-26-24(37-19)29-20-13-21(28-16(2)27-20)32-9-7-31(8-10-32)11-12-35-36-17(3)33/h4-6,13-14,17,33H,7-12H2,1-3H3,(H,30,34)(H,26,27,28,29). The highest BCUT2D eigenvalue weighted by Gasteiger charge is 2.20.